The molecule has 0 bridgehead atoms. The Balaban J connectivity index is 1.70. The number of aromatic hydroxyl groups is 2. The van der Waals surface area contributed by atoms with Crippen LogP contribution in [-0.4, -0.2) is 10.2 Å². The van der Waals surface area contributed by atoms with Crippen molar-refractivity contribution in [3.8, 4) is 11.5 Å². The summed E-state index contributed by atoms with van der Waals surface area (Å²) in [6, 6.07) is 11.5. The van der Waals surface area contributed by atoms with E-state index >= 15 is 0 Å². The van der Waals surface area contributed by atoms with Crippen molar-refractivity contribution in [2.45, 2.75) is 25.7 Å². The summed E-state index contributed by atoms with van der Waals surface area (Å²) in [4.78, 5) is 0. The number of phenols is 2. The van der Waals surface area contributed by atoms with Crippen molar-refractivity contribution in [3.05, 3.63) is 58.7 Å². The zero-order valence-electron chi connectivity index (χ0n) is 10.7. The maximum Gasteiger partial charge on any atom is 0.115 e. The Morgan fingerprint density at radius 3 is 1.53 bits per heavy atom. The minimum atomic E-state index is 0.270. The highest BCUT2D eigenvalue weighted by Crippen LogP contribution is 2.48. The summed E-state index contributed by atoms with van der Waals surface area (Å²) in [5, 5.41) is 19.2. The summed E-state index contributed by atoms with van der Waals surface area (Å²) in [7, 11) is 0. The summed E-state index contributed by atoms with van der Waals surface area (Å²) in [6.07, 6.45) is 4.23. The van der Waals surface area contributed by atoms with Crippen LogP contribution in [0.2, 0.25) is 0 Å². The van der Waals surface area contributed by atoms with E-state index in [4.69, 9.17) is 0 Å². The maximum absolute atomic E-state index is 9.60. The van der Waals surface area contributed by atoms with E-state index in [-0.39, 0.29) is 5.41 Å². The second kappa shape index (κ2) is 3.53. The molecule has 2 aromatic rings. The van der Waals surface area contributed by atoms with Crippen LogP contribution >= 0.6 is 0 Å². The van der Waals surface area contributed by atoms with Gasteiger partial charge in [-0.05, 0) is 77.6 Å². The number of phenolic OH excluding ortho intramolecular Hbond substituents is 2. The first-order valence-electron chi connectivity index (χ1n) is 6.75. The Kier molecular flexibility index (Phi) is 2.03. The van der Waals surface area contributed by atoms with Gasteiger partial charge in [0.1, 0.15) is 11.5 Å². The molecule has 2 heteroatoms. The van der Waals surface area contributed by atoms with Gasteiger partial charge in [0.2, 0.25) is 0 Å². The molecule has 1 spiro atoms. The minimum Gasteiger partial charge on any atom is -0.508 e. The monoisotopic (exact) mass is 252 g/mol. The summed E-state index contributed by atoms with van der Waals surface area (Å²) in [6.45, 7) is 0. The lowest BCUT2D eigenvalue weighted by molar-refractivity contribution is 0.326. The van der Waals surface area contributed by atoms with Gasteiger partial charge in [-0.25, -0.2) is 0 Å². The molecule has 0 heterocycles. The summed E-state index contributed by atoms with van der Waals surface area (Å²) < 4.78 is 0. The van der Waals surface area contributed by atoms with Crippen LogP contribution in [0.15, 0.2) is 36.4 Å². The van der Waals surface area contributed by atoms with E-state index in [1.165, 1.54) is 22.3 Å². The molecule has 0 unspecified atom stereocenters. The van der Waals surface area contributed by atoms with Crippen LogP contribution in [0.4, 0.5) is 0 Å². The quantitative estimate of drug-likeness (QED) is 0.756. The third-order valence-electron chi connectivity index (χ3n) is 4.64. The van der Waals surface area contributed by atoms with Gasteiger partial charge < -0.3 is 10.2 Å². The molecule has 2 aromatic carbocycles. The van der Waals surface area contributed by atoms with Gasteiger partial charge >= 0.3 is 0 Å². The Labute approximate surface area is 112 Å². The lowest BCUT2D eigenvalue weighted by atomic mass is 9.82. The Bertz CT molecular complexity index is 613. The van der Waals surface area contributed by atoms with Crippen LogP contribution in [0.5, 0.6) is 11.5 Å². The van der Waals surface area contributed by atoms with Crippen LogP contribution in [0.1, 0.15) is 22.3 Å². The van der Waals surface area contributed by atoms with Crippen molar-refractivity contribution in [1.82, 2.24) is 0 Å². The molecular formula is C17H16O2. The molecule has 2 N–H and O–H groups in total. The molecule has 96 valence electrons. The second-order valence-corrected chi connectivity index (χ2v) is 6.11. The second-order valence-electron chi connectivity index (χ2n) is 6.11. The highest BCUT2D eigenvalue weighted by molar-refractivity contribution is 5.46. The van der Waals surface area contributed by atoms with E-state index in [0.717, 1.165) is 25.7 Å². The van der Waals surface area contributed by atoms with Crippen molar-refractivity contribution in [3.63, 3.8) is 0 Å². The predicted octanol–water partition coefficient (Wildman–Crippen LogP) is 2.98. The molecule has 0 saturated heterocycles. The number of hydrogen-bond acceptors (Lipinski definition) is 2. The third kappa shape index (κ3) is 1.63. The fraction of sp³-hybridized carbons (Fsp3) is 0.294. The van der Waals surface area contributed by atoms with Crippen molar-refractivity contribution >= 4 is 0 Å². The lowest BCUT2D eigenvalue weighted by Gasteiger charge is -2.21. The molecule has 19 heavy (non-hydrogen) atoms. The van der Waals surface area contributed by atoms with Crippen molar-refractivity contribution in [2.24, 2.45) is 5.41 Å². The van der Waals surface area contributed by atoms with Gasteiger partial charge in [0.05, 0.1) is 0 Å². The molecule has 0 atom stereocenters. The molecule has 0 amide bonds. The average Bonchev–Trinajstić information content (AvgIpc) is 2.87. The molecular weight excluding hydrogens is 236 g/mol. The highest BCUT2D eigenvalue weighted by Gasteiger charge is 2.42. The van der Waals surface area contributed by atoms with E-state index in [9.17, 15) is 10.2 Å². The number of hydrogen-bond donors (Lipinski definition) is 2. The SMILES string of the molecule is Oc1ccc2c(c1)CC1(C2)Cc2ccc(O)cc2C1. The zero-order chi connectivity index (χ0) is 13.0. The lowest BCUT2D eigenvalue weighted by Crippen LogP contribution is -2.21. The minimum absolute atomic E-state index is 0.270. The predicted molar refractivity (Wildman–Crippen MR) is 73.5 cm³/mol. The van der Waals surface area contributed by atoms with Crippen LogP contribution in [0.3, 0.4) is 0 Å². The van der Waals surface area contributed by atoms with Gasteiger partial charge in [0, 0.05) is 0 Å². The van der Waals surface area contributed by atoms with Gasteiger partial charge in [0.25, 0.3) is 0 Å². The van der Waals surface area contributed by atoms with Gasteiger partial charge in [0.15, 0.2) is 0 Å². The molecule has 2 aliphatic carbocycles. The zero-order valence-corrected chi connectivity index (χ0v) is 10.7. The Hall–Kier alpha value is -1.96. The average molecular weight is 252 g/mol. The van der Waals surface area contributed by atoms with E-state index in [1.807, 2.05) is 12.1 Å². The normalized spacial score (nSPS) is 18.5. The number of rotatable bonds is 0. The van der Waals surface area contributed by atoms with Crippen molar-refractivity contribution < 1.29 is 10.2 Å². The van der Waals surface area contributed by atoms with Gasteiger partial charge in [-0.2, -0.15) is 0 Å². The fourth-order valence-electron chi connectivity index (χ4n) is 3.89. The van der Waals surface area contributed by atoms with E-state index < -0.39 is 0 Å². The molecule has 0 saturated carbocycles. The first-order valence-corrected chi connectivity index (χ1v) is 6.75. The standard InChI is InChI=1S/C17H16O2/c18-15-3-1-11-7-17(9-13(11)5-15)8-12-2-4-16(19)6-14(12)10-17/h1-6,18-19H,7-10H2. The molecule has 2 aliphatic rings. The topological polar surface area (TPSA) is 40.5 Å². The first kappa shape index (κ1) is 10.9. The number of benzene rings is 2. The van der Waals surface area contributed by atoms with E-state index in [1.54, 1.807) is 12.1 Å². The van der Waals surface area contributed by atoms with Crippen LogP contribution in [-0.2, 0) is 25.7 Å². The Morgan fingerprint density at radius 2 is 1.05 bits per heavy atom. The maximum atomic E-state index is 9.60. The van der Waals surface area contributed by atoms with Gasteiger partial charge in [-0.1, -0.05) is 12.1 Å². The van der Waals surface area contributed by atoms with Crippen LogP contribution < -0.4 is 0 Å². The largest absolute Gasteiger partial charge is 0.508 e. The molecule has 0 fully saturated rings. The molecule has 0 aliphatic heterocycles. The highest BCUT2D eigenvalue weighted by atomic mass is 16.3. The van der Waals surface area contributed by atoms with Crippen molar-refractivity contribution in [1.29, 1.82) is 0 Å². The molecule has 2 nitrogen and oxygen atoms in total. The molecule has 0 radical (unpaired) electrons. The van der Waals surface area contributed by atoms with Gasteiger partial charge in [-0.3, -0.25) is 0 Å². The third-order valence-corrected chi connectivity index (χ3v) is 4.64. The van der Waals surface area contributed by atoms with E-state index in [2.05, 4.69) is 12.1 Å². The smallest absolute Gasteiger partial charge is 0.115 e. The first-order chi connectivity index (χ1) is 9.13. The molecule has 0 aromatic heterocycles. The van der Waals surface area contributed by atoms with Crippen LogP contribution in [0, 0.1) is 5.41 Å². The Morgan fingerprint density at radius 1 is 0.632 bits per heavy atom. The number of fused-ring (bicyclic) bond motifs is 2. The van der Waals surface area contributed by atoms with E-state index in [0.29, 0.717) is 11.5 Å². The summed E-state index contributed by atoms with van der Waals surface area (Å²) in [5.41, 5.74) is 5.59. The molecule has 4 rings (SSSR count). The van der Waals surface area contributed by atoms with Crippen molar-refractivity contribution in [2.75, 3.05) is 0 Å². The summed E-state index contributed by atoms with van der Waals surface area (Å²) >= 11 is 0. The fourth-order valence-corrected chi connectivity index (χ4v) is 3.89. The summed E-state index contributed by atoms with van der Waals surface area (Å²) in [5.74, 6) is 0.730. The van der Waals surface area contributed by atoms with Crippen LogP contribution in [0.25, 0.3) is 0 Å². The van der Waals surface area contributed by atoms with Gasteiger partial charge in [-0.15, -0.1) is 0 Å².